The molecule has 0 saturated heterocycles. The SMILES string of the molecule is CC(C)n1nc2c(c1C(=O)O)COC2. The molecule has 2 heterocycles. The van der Waals surface area contributed by atoms with Crippen LogP contribution in [0.5, 0.6) is 0 Å². The van der Waals surface area contributed by atoms with E-state index in [-0.39, 0.29) is 11.7 Å². The van der Waals surface area contributed by atoms with Gasteiger partial charge in [-0.25, -0.2) is 4.79 Å². The summed E-state index contributed by atoms with van der Waals surface area (Å²) >= 11 is 0. The van der Waals surface area contributed by atoms with Gasteiger partial charge in [0.15, 0.2) is 5.69 Å². The van der Waals surface area contributed by atoms with E-state index in [9.17, 15) is 4.79 Å². The van der Waals surface area contributed by atoms with Gasteiger partial charge in [0.2, 0.25) is 0 Å². The van der Waals surface area contributed by atoms with Gasteiger partial charge in [-0.05, 0) is 13.8 Å². The molecule has 1 aromatic rings. The van der Waals surface area contributed by atoms with Gasteiger partial charge in [-0.3, -0.25) is 4.68 Å². The summed E-state index contributed by atoms with van der Waals surface area (Å²) in [6, 6.07) is 0.0618. The van der Waals surface area contributed by atoms with Crippen molar-refractivity contribution < 1.29 is 14.6 Å². The average molecular weight is 196 g/mol. The summed E-state index contributed by atoms with van der Waals surface area (Å²) in [6.45, 7) is 4.62. The maximum atomic E-state index is 11.0. The second-order valence-corrected chi connectivity index (χ2v) is 3.61. The summed E-state index contributed by atoms with van der Waals surface area (Å²) in [7, 11) is 0. The number of hydrogen-bond acceptors (Lipinski definition) is 3. The molecule has 1 aromatic heterocycles. The number of hydrogen-bond donors (Lipinski definition) is 1. The molecule has 76 valence electrons. The number of nitrogens with zero attached hydrogens (tertiary/aromatic N) is 2. The maximum absolute atomic E-state index is 11.0. The van der Waals surface area contributed by atoms with Crippen molar-refractivity contribution in [1.82, 2.24) is 9.78 Å². The minimum Gasteiger partial charge on any atom is -0.477 e. The van der Waals surface area contributed by atoms with Gasteiger partial charge in [0.05, 0.1) is 18.9 Å². The number of fused-ring (bicyclic) bond motifs is 1. The van der Waals surface area contributed by atoms with Crippen LogP contribution < -0.4 is 0 Å². The predicted molar refractivity (Wildman–Crippen MR) is 48.1 cm³/mol. The highest BCUT2D eigenvalue weighted by Crippen LogP contribution is 2.25. The van der Waals surface area contributed by atoms with E-state index in [1.165, 1.54) is 0 Å². The van der Waals surface area contributed by atoms with Crippen molar-refractivity contribution in [3.8, 4) is 0 Å². The van der Waals surface area contributed by atoms with Crippen molar-refractivity contribution in [1.29, 1.82) is 0 Å². The third-order valence-corrected chi connectivity index (χ3v) is 2.27. The van der Waals surface area contributed by atoms with Crippen molar-refractivity contribution in [2.45, 2.75) is 33.1 Å². The lowest BCUT2D eigenvalue weighted by atomic mass is 10.2. The molecule has 0 aromatic carbocycles. The third kappa shape index (κ3) is 1.21. The summed E-state index contributed by atoms with van der Waals surface area (Å²) in [5.74, 6) is -0.932. The van der Waals surface area contributed by atoms with Gasteiger partial charge >= 0.3 is 5.97 Å². The van der Waals surface area contributed by atoms with Crippen LogP contribution in [0, 0.1) is 0 Å². The molecule has 0 fully saturated rings. The molecule has 2 rings (SSSR count). The van der Waals surface area contributed by atoms with Gasteiger partial charge in [-0.2, -0.15) is 5.10 Å². The van der Waals surface area contributed by atoms with Gasteiger partial charge in [0.1, 0.15) is 0 Å². The second-order valence-electron chi connectivity index (χ2n) is 3.61. The van der Waals surface area contributed by atoms with Gasteiger partial charge in [-0.15, -0.1) is 0 Å². The molecule has 0 saturated carbocycles. The number of rotatable bonds is 2. The molecule has 0 spiro atoms. The summed E-state index contributed by atoms with van der Waals surface area (Å²) in [4.78, 5) is 11.0. The Balaban J connectivity index is 2.57. The molecule has 1 N–H and O–H groups in total. The standard InChI is InChI=1S/C9H12N2O3/c1-5(2)11-8(9(12)13)6-3-14-4-7(6)10-11/h5H,3-4H2,1-2H3,(H,12,13). The number of carbonyl (C=O) groups is 1. The second kappa shape index (κ2) is 3.09. The van der Waals surface area contributed by atoms with Crippen LogP contribution in [0.15, 0.2) is 0 Å². The number of carboxylic acid groups (broad SMARTS) is 1. The van der Waals surface area contributed by atoms with Gasteiger partial charge in [0, 0.05) is 11.6 Å². The number of aromatic nitrogens is 2. The Morgan fingerprint density at radius 3 is 2.86 bits per heavy atom. The number of aromatic carboxylic acids is 1. The topological polar surface area (TPSA) is 64.4 Å². The molecule has 1 aliphatic heterocycles. The summed E-state index contributed by atoms with van der Waals surface area (Å²) in [5.41, 5.74) is 1.76. The molecule has 14 heavy (non-hydrogen) atoms. The molecular formula is C9H12N2O3. The summed E-state index contributed by atoms with van der Waals surface area (Å²) in [5, 5.41) is 13.3. The molecule has 5 nitrogen and oxygen atoms in total. The van der Waals surface area contributed by atoms with Crippen molar-refractivity contribution in [3.63, 3.8) is 0 Å². The average Bonchev–Trinajstić information content (AvgIpc) is 2.58. The number of ether oxygens (including phenoxy) is 1. The fourth-order valence-corrected chi connectivity index (χ4v) is 1.63. The van der Waals surface area contributed by atoms with Crippen LogP contribution in [0.1, 0.15) is 41.6 Å². The zero-order chi connectivity index (χ0) is 10.3. The van der Waals surface area contributed by atoms with E-state index in [0.717, 1.165) is 11.3 Å². The Hall–Kier alpha value is -1.36. The van der Waals surface area contributed by atoms with E-state index in [0.29, 0.717) is 13.2 Å². The first-order valence-electron chi connectivity index (χ1n) is 4.52. The van der Waals surface area contributed by atoms with E-state index < -0.39 is 5.97 Å². The monoisotopic (exact) mass is 196 g/mol. The van der Waals surface area contributed by atoms with Gasteiger partial charge in [-0.1, -0.05) is 0 Å². The van der Waals surface area contributed by atoms with Crippen LogP contribution in [0.2, 0.25) is 0 Å². The Kier molecular flexibility index (Phi) is 2.03. The van der Waals surface area contributed by atoms with E-state index in [1.807, 2.05) is 13.8 Å². The Morgan fingerprint density at radius 1 is 1.57 bits per heavy atom. The van der Waals surface area contributed by atoms with Gasteiger partial charge in [0.25, 0.3) is 0 Å². The lowest BCUT2D eigenvalue weighted by Gasteiger charge is -2.08. The minimum atomic E-state index is -0.932. The van der Waals surface area contributed by atoms with E-state index in [1.54, 1.807) is 4.68 Å². The smallest absolute Gasteiger partial charge is 0.354 e. The first-order chi connectivity index (χ1) is 6.61. The quantitative estimate of drug-likeness (QED) is 0.771. The largest absolute Gasteiger partial charge is 0.477 e. The lowest BCUT2D eigenvalue weighted by molar-refractivity contribution is 0.0672. The van der Waals surface area contributed by atoms with Crippen molar-refractivity contribution >= 4 is 5.97 Å². The van der Waals surface area contributed by atoms with E-state index >= 15 is 0 Å². The molecule has 0 amide bonds. The highest BCUT2D eigenvalue weighted by Gasteiger charge is 2.27. The Labute approximate surface area is 81.3 Å². The third-order valence-electron chi connectivity index (χ3n) is 2.27. The highest BCUT2D eigenvalue weighted by atomic mass is 16.5. The minimum absolute atomic E-state index is 0.0618. The molecule has 5 heteroatoms. The van der Waals surface area contributed by atoms with Crippen molar-refractivity contribution in [2.75, 3.05) is 0 Å². The first kappa shape index (κ1) is 9.21. The van der Waals surface area contributed by atoms with E-state index in [4.69, 9.17) is 9.84 Å². The van der Waals surface area contributed by atoms with E-state index in [2.05, 4.69) is 5.10 Å². The zero-order valence-corrected chi connectivity index (χ0v) is 8.15. The lowest BCUT2D eigenvalue weighted by Crippen LogP contribution is -2.14. The fraction of sp³-hybridized carbons (Fsp3) is 0.556. The molecule has 0 aliphatic carbocycles. The predicted octanol–water partition coefficient (Wildman–Crippen LogP) is 1.19. The maximum Gasteiger partial charge on any atom is 0.354 e. The van der Waals surface area contributed by atoms with Gasteiger partial charge < -0.3 is 9.84 Å². The van der Waals surface area contributed by atoms with Crippen molar-refractivity contribution in [2.24, 2.45) is 0 Å². The van der Waals surface area contributed by atoms with Crippen LogP contribution in [-0.2, 0) is 18.0 Å². The molecule has 0 atom stereocenters. The molecule has 0 radical (unpaired) electrons. The summed E-state index contributed by atoms with van der Waals surface area (Å²) in [6.07, 6.45) is 0. The Morgan fingerprint density at radius 2 is 2.29 bits per heavy atom. The van der Waals surface area contributed by atoms with Crippen LogP contribution in [0.4, 0.5) is 0 Å². The zero-order valence-electron chi connectivity index (χ0n) is 8.15. The van der Waals surface area contributed by atoms with Crippen LogP contribution in [0.25, 0.3) is 0 Å². The molecule has 0 bridgehead atoms. The Bertz CT molecular complexity index is 382. The normalized spacial score (nSPS) is 14.8. The first-order valence-corrected chi connectivity index (χ1v) is 4.52. The molecule has 1 aliphatic rings. The fourth-order valence-electron chi connectivity index (χ4n) is 1.63. The molecular weight excluding hydrogens is 184 g/mol. The highest BCUT2D eigenvalue weighted by molar-refractivity contribution is 5.87. The molecule has 0 unspecified atom stereocenters. The van der Waals surface area contributed by atoms with Crippen LogP contribution in [-0.4, -0.2) is 20.9 Å². The van der Waals surface area contributed by atoms with Crippen LogP contribution in [0.3, 0.4) is 0 Å². The number of carboxylic acids is 1. The summed E-state index contributed by atoms with van der Waals surface area (Å²) < 4.78 is 6.69. The van der Waals surface area contributed by atoms with Crippen LogP contribution >= 0.6 is 0 Å². The van der Waals surface area contributed by atoms with Crippen molar-refractivity contribution in [3.05, 3.63) is 17.0 Å².